The molecule has 1 aromatic carbocycles. The van der Waals surface area contributed by atoms with Crippen LogP contribution in [0.3, 0.4) is 0 Å². The zero-order valence-electron chi connectivity index (χ0n) is 15.1. The average Bonchev–Trinajstić information content (AvgIpc) is 2.60. The van der Waals surface area contributed by atoms with Crippen molar-refractivity contribution in [2.24, 2.45) is 17.8 Å². The van der Waals surface area contributed by atoms with Gasteiger partial charge in [0, 0.05) is 36.7 Å². The Bertz CT molecular complexity index is 691. The number of amides is 1. The van der Waals surface area contributed by atoms with Crippen molar-refractivity contribution < 1.29 is 4.79 Å². The molecule has 1 aliphatic heterocycles. The molecule has 1 saturated heterocycles. The van der Waals surface area contributed by atoms with Gasteiger partial charge in [0.2, 0.25) is 0 Å². The van der Waals surface area contributed by atoms with Crippen LogP contribution in [-0.2, 0) is 0 Å². The van der Waals surface area contributed by atoms with Crippen LogP contribution in [0.25, 0.3) is 0 Å². The van der Waals surface area contributed by atoms with Gasteiger partial charge in [0.1, 0.15) is 0 Å². The Balaban J connectivity index is 1.27. The first-order valence-corrected chi connectivity index (χ1v) is 10.8. The van der Waals surface area contributed by atoms with E-state index in [4.69, 9.17) is 23.2 Å². The highest BCUT2D eigenvalue weighted by Crippen LogP contribution is 2.57. The van der Waals surface area contributed by atoms with E-state index in [1.165, 1.54) is 38.5 Å². The first-order chi connectivity index (χ1) is 12.5. The van der Waals surface area contributed by atoms with Crippen LogP contribution >= 0.6 is 23.2 Å². The van der Waals surface area contributed by atoms with Crippen LogP contribution in [0.2, 0.25) is 10.0 Å². The molecule has 4 bridgehead atoms. The Morgan fingerprint density at radius 1 is 0.923 bits per heavy atom. The highest BCUT2D eigenvalue weighted by Gasteiger charge is 2.53. The number of hydrogen-bond acceptors (Lipinski definition) is 2. The normalized spacial score (nSPS) is 36.5. The summed E-state index contributed by atoms with van der Waals surface area (Å²) in [5, 5.41) is 1.02. The smallest absolute Gasteiger partial charge is 0.255 e. The number of halogens is 2. The molecule has 1 aromatic rings. The van der Waals surface area contributed by atoms with Gasteiger partial charge in [-0.15, -0.1) is 0 Å². The molecular formula is C21H26Cl2N2O. The molecule has 1 amide bonds. The molecule has 140 valence electrons. The van der Waals surface area contributed by atoms with Gasteiger partial charge in [-0.2, -0.15) is 0 Å². The van der Waals surface area contributed by atoms with Crippen LogP contribution in [0.5, 0.6) is 0 Å². The number of carbonyl (C=O) groups excluding carboxylic acids is 1. The summed E-state index contributed by atoms with van der Waals surface area (Å²) in [6.45, 7) is 3.62. The van der Waals surface area contributed by atoms with Gasteiger partial charge in [-0.3, -0.25) is 9.69 Å². The fourth-order valence-electron chi connectivity index (χ4n) is 6.67. The van der Waals surface area contributed by atoms with Gasteiger partial charge in [0.15, 0.2) is 0 Å². The first-order valence-electron chi connectivity index (χ1n) is 10.0. The lowest BCUT2D eigenvalue weighted by Gasteiger charge is -2.61. The lowest BCUT2D eigenvalue weighted by atomic mass is 9.52. The highest BCUT2D eigenvalue weighted by atomic mass is 35.5. The summed E-state index contributed by atoms with van der Waals surface area (Å²) in [5.41, 5.74) is 1.02. The Kier molecular flexibility index (Phi) is 4.26. The Labute approximate surface area is 165 Å². The summed E-state index contributed by atoms with van der Waals surface area (Å²) in [6.07, 6.45) is 8.63. The zero-order chi connectivity index (χ0) is 17.9. The monoisotopic (exact) mass is 392 g/mol. The minimum atomic E-state index is 0.0387. The van der Waals surface area contributed by atoms with Gasteiger partial charge in [-0.25, -0.2) is 0 Å². The predicted molar refractivity (Wildman–Crippen MR) is 105 cm³/mol. The molecule has 26 heavy (non-hydrogen) atoms. The zero-order valence-corrected chi connectivity index (χ0v) is 16.6. The summed E-state index contributed by atoms with van der Waals surface area (Å²) in [4.78, 5) is 17.6. The Hall–Kier alpha value is -0.770. The largest absolute Gasteiger partial charge is 0.336 e. The van der Waals surface area contributed by atoms with E-state index in [-0.39, 0.29) is 5.91 Å². The molecule has 0 spiro atoms. The molecule has 3 nitrogen and oxygen atoms in total. The second-order valence-electron chi connectivity index (χ2n) is 9.05. The van der Waals surface area contributed by atoms with Gasteiger partial charge >= 0.3 is 0 Å². The maximum Gasteiger partial charge on any atom is 0.255 e. The molecule has 5 fully saturated rings. The minimum absolute atomic E-state index is 0.0387. The van der Waals surface area contributed by atoms with Crippen LogP contribution in [-0.4, -0.2) is 47.4 Å². The van der Waals surface area contributed by atoms with Gasteiger partial charge in [0.05, 0.1) is 10.6 Å². The second kappa shape index (κ2) is 6.39. The van der Waals surface area contributed by atoms with Crippen LogP contribution in [0.15, 0.2) is 18.2 Å². The summed E-state index contributed by atoms with van der Waals surface area (Å²) in [6, 6.07) is 5.15. The lowest BCUT2D eigenvalue weighted by Crippen LogP contribution is -2.64. The van der Waals surface area contributed by atoms with Crippen LogP contribution < -0.4 is 0 Å². The number of piperazine rings is 1. The molecule has 0 radical (unpaired) electrons. The van der Waals surface area contributed by atoms with E-state index >= 15 is 0 Å². The summed E-state index contributed by atoms with van der Waals surface area (Å²) < 4.78 is 0. The minimum Gasteiger partial charge on any atom is -0.336 e. The third-order valence-electron chi connectivity index (χ3n) is 7.41. The highest BCUT2D eigenvalue weighted by molar-refractivity contribution is 6.36. The molecular weight excluding hydrogens is 367 g/mol. The summed E-state index contributed by atoms with van der Waals surface area (Å²) in [7, 11) is 0. The predicted octanol–water partition coefficient (Wildman–Crippen LogP) is 4.72. The average molecular weight is 393 g/mol. The molecule has 0 unspecified atom stereocenters. The van der Waals surface area contributed by atoms with Gasteiger partial charge < -0.3 is 4.90 Å². The van der Waals surface area contributed by atoms with Crippen molar-refractivity contribution in [1.29, 1.82) is 0 Å². The molecule has 5 aliphatic rings. The number of carbonyl (C=O) groups is 1. The van der Waals surface area contributed by atoms with Crippen molar-refractivity contribution in [2.45, 2.75) is 44.1 Å². The topological polar surface area (TPSA) is 23.6 Å². The van der Waals surface area contributed by atoms with E-state index in [1.54, 1.807) is 18.2 Å². The number of hydrogen-bond donors (Lipinski definition) is 0. The Morgan fingerprint density at radius 3 is 2.04 bits per heavy atom. The van der Waals surface area contributed by atoms with Crippen LogP contribution in [0.1, 0.15) is 48.9 Å². The fraction of sp³-hybridized carbons (Fsp3) is 0.667. The van der Waals surface area contributed by atoms with Crippen LogP contribution in [0.4, 0.5) is 0 Å². The molecule has 4 aliphatic carbocycles. The molecule has 5 heteroatoms. The van der Waals surface area contributed by atoms with Crippen molar-refractivity contribution in [3.05, 3.63) is 33.8 Å². The third kappa shape index (κ3) is 2.87. The van der Waals surface area contributed by atoms with Crippen molar-refractivity contribution in [1.82, 2.24) is 9.80 Å². The van der Waals surface area contributed by atoms with E-state index in [1.807, 2.05) is 4.90 Å². The van der Waals surface area contributed by atoms with Gasteiger partial charge in [0.25, 0.3) is 5.91 Å². The molecule has 4 saturated carbocycles. The molecule has 1 heterocycles. The summed E-state index contributed by atoms with van der Waals surface area (Å²) >= 11 is 12.2. The molecule has 0 aromatic heterocycles. The Morgan fingerprint density at radius 2 is 1.50 bits per heavy atom. The van der Waals surface area contributed by atoms with E-state index in [0.29, 0.717) is 21.1 Å². The standard InChI is InChI=1S/C21H26Cl2N2O/c22-17-1-2-18(19(23)10-17)20(26)24-3-5-25(6-4-24)21-11-14-7-15(12-21)9-16(8-14)13-21/h1-2,10,14-16H,3-9,11-13H2. The van der Waals surface area contributed by atoms with E-state index in [0.717, 1.165) is 43.9 Å². The lowest BCUT2D eigenvalue weighted by molar-refractivity contribution is -0.0987. The third-order valence-corrected chi connectivity index (χ3v) is 7.95. The van der Waals surface area contributed by atoms with Gasteiger partial charge in [-0.05, 0) is 74.5 Å². The van der Waals surface area contributed by atoms with Crippen molar-refractivity contribution >= 4 is 29.1 Å². The van der Waals surface area contributed by atoms with Gasteiger partial charge in [-0.1, -0.05) is 23.2 Å². The SMILES string of the molecule is O=C(c1ccc(Cl)cc1Cl)N1CCN(C23CC4CC(CC(C4)C2)C3)CC1. The molecule has 0 N–H and O–H groups in total. The number of nitrogens with zero attached hydrogens (tertiary/aromatic N) is 2. The summed E-state index contributed by atoms with van der Waals surface area (Å²) in [5.74, 6) is 2.94. The maximum atomic E-state index is 12.9. The van der Waals surface area contributed by atoms with E-state index < -0.39 is 0 Å². The second-order valence-corrected chi connectivity index (χ2v) is 9.89. The van der Waals surface area contributed by atoms with Crippen LogP contribution in [0, 0.1) is 17.8 Å². The van der Waals surface area contributed by atoms with E-state index in [2.05, 4.69) is 4.90 Å². The quantitative estimate of drug-likeness (QED) is 0.726. The van der Waals surface area contributed by atoms with Crippen molar-refractivity contribution in [3.63, 3.8) is 0 Å². The first kappa shape index (κ1) is 17.3. The number of benzene rings is 1. The maximum absolute atomic E-state index is 12.9. The molecule has 6 rings (SSSR count). The fourth-order valence-corrected chi connectivity index (χ4v) is 7.16. The van der Waals surface area contributed by atoms with Crippen molar-refractivity contribution in [3.8, 4) is 0 Å². The number of rotatable bonds is 2. The molecule has 0 atom stereocenters. The van der Waals surface area contributed by atoms with Crippen molar-refractivity contribution in [2.75, 3.05) is 26.2 Å². The van der Waals surface area contributed by atoms with E-state index in [9.17, 15) is 4.79 Å².